The van der Waals surface area contributed by atoms with E-state index in [0.717, 1.165) is 11.9 Å². The van der Waals surface area contributed by atoms with Gasteiger partial charge in [0.1, 0.15) is 0 Å². The quantitative estimate of drug-likeness (QED) is 0.703. The number of rotatable bonds is 6. The van der Waals surface area contributed by atoms with Gasteiger partial charge in [0, 0.05) is 36.6 Å². The van der Waals surface area contributed by atoms with Crippen LogP contribution in [0.5, 0.6) is 0 Å². The van der Waals surface area contributed by atoms with E-state index in [4.69, 9.17) is 0 Å². The van der Waals surface area contributed by atoms with Crippen LogP contribution in [0.25, 0.3) is 10.9 Å². The number of urea groups is 1. The van der Waals surface area contributed by atoms with E-state index in [1.54, 1.807) is 0 Å². The van der Waals surface area contributed by atoms with Gasteiger partial charge in [-0.25, -0.2) is 10.2 Å². The molecule has 5 nitrogen and oxygen atoms in total. The highest BCUT2D eigenvalue weighted by atomic mass is 16.2. The van der Waals surface area contributed by atoms with Crippen LogP contribution in [-0.2, 0) is 6.42 Å². The molecule has 2 heterocycles. The average Bonchev–Trinajstić information content (AvgIpc) is 3.07. The van der Waals surface area contributed by atoms with Gasteiger partial charge in [0.25, 0.3) is 0 Å². The minimum atomic E-state index is -0.0239. The maximum Gasteiger partial charge on any atom is 0.336 e. The number of likely N-dealkylation sites (tertiary alicyclic amines) is 1. The Labute approximate surface area is 181 Å². The van der Waals surface area contributed by atoms with Crippen molar-refractivity contribution >= 4 is 16.9 Å². The van der Waals surface area contributed by atoms with Gasteiger partial charge < -0.3 is 4.90 Å². The highest BCUT2D eigenvalue weighted by molar-refractivity contribution is 5.92. The van der Waals surface area contributed by atoms with Crippen LogP contribution < -0.4 is 5.43 Å². The normalized spacial score (nSPS) is 21.1. The first-order valence-corrected chi connectivity index (χ1v) is 12.0. The van der Waals surface area contributed by atoms with Crippen LogP contribution in [0.15, 0.2) is 18.3 Å². The van der Waals surface area contributed by atoms with Crippen LogP contribution >= 0.6 is 0 Å². The second-order valence-corrected chi connectivity index (χ2v) is 9.33. The third kappa shape index (κ3) is 3.62. The summed E-state index contributed by atoms with van der Waals surface area (Å²) in [5.41, 5.74) is 8.61. The van der Waals surface area contributed by atoms with Crippen molar-refractivity contribution in [1.82, 2.24) is 14.5 Å². The second kappa shape index (κ2) is 8.62. The zero-order valence-corrected chi connectivity index (χ0v) is 19.4. The Hall–Kier alpha value is -2.01. The number of nitrogens with one attached hydrogen (secondary N) is 1. The Morgan fingerprint density at radius 3 is 2.67 bits per heavy atom. The molecule has 30 heavy (non-hydrogen) atoms. The molecule has 164 valence electrons. The molecule has 1 aromatic carbocycles. The van der Waals surface area contributed by atoms with Gasteiger partial charge >= 0.3 is 6.03 Å². The molecule has 4 rings (SSSR count). The molecule has 1 fully saturated rings. The lowest BCUT2D eigenvalue weighted by Gasteiger charge is -2.44. The minimum Gasteiger partial charge on any atom is -0.324 e. The van der Waals surface area contributed by atoms with Crippen LogP contribution in [0.1, 0.15) is 82.4 Å². The number of piperidine rings is 1. The first-order valence-electron chi connectivity index (χ1n) is 12.0. The number of aromatic nitrogens is 1. The van der Waals surface area contributed by atoms with Crippen molar-refractivity contribution in [3.63, 3.8) is 0 Å². The maximum atomic E-state index is 12.8. The van der Waals surface area contributed by atoms with Gasteiger partial charge in [-0.05, 0) is 81.3 Å². The predicted molar refractivity (Wildman–Crippen MR) is 125 cm³/mol. The zero-order chi connectivity index (χ0) is 21.4. The number of nitrogens with zero attached hydrogens (tertiary/aromatic N) is 3. The highest BCUT2D eigenvalue weighted by Gasteiger charge is 2.38. The Kier molecular flexibility index (Phi) is 6.10. The van der Waals surface area contributed by atoms with Gasteiger partial charge in [0.2, 0.25) is 0 Å². The summed E-state index contributed by atoms with van der Waals surface area (Å²) in [7, 11) is 0. The zero-order valence-electron chi connectivity index (χ0n) is 19.4. The molecular weight excluding hydrogens is 372 g/mol. The highest BCUT2D eigenvalue weighted by Crippen LogP contribution is 2.45. The fourth-order valence-electron chi connectivity index (χ4n) is 5.61. The van der Waals surface area contributed by atoms with E-state index < -0.39 is 0 Å². The molecule has 1 aliphatic carbocycles. The van der Waals surface area contributed by atoms with E-state index in [0.29, 0.717) is 31.0 Å². The van der Waals surface area contributed by atoms with Gasteiger partial charge in [0.05, 0.1) is 5.52 Å². The summed E-state index contributed by atoms with van der Waals surface area (Å²) in [4.78, 5) is 17.4. The van der Waals surface area contributed by atoms with Crippen molar-refractivity contribution in [3.05, 3.63) is 35.0 Å². The lowest BCUT2D eigenvalue weighted by Crippen LogP contribution is -2.47. The molecule has 0 unspecified atom stereocenters. The van der Waals surface area contributed by atoms with Crippen LogP contribution in [0, 0.1) is 0 Å². The standard InChI is InChI=1S/C25H38N4O/c1-6-11-28-12-9-10-20-21-13-18(17(4)5)14-23-24(21)19(15-22(20)28)16-29(23)26-25(30)27(7-2)8-3/h13-14,16-17,20,22H,6-12,15H2,1-5H3,(H,26,30)/t20-,22-/m1/s1. The van der Waals surface area contributed by atoms with Crippen LogP contribution in [0.2, 0.25) is 0 Å². The Bertz CT molecular complexity index is 909. The monoisotopic (exact) mass is 410 g/mol. The molecule has 0 saturated carbocycles. The maximum absolute atomic E-state index is 12.8. The summed E-state index contributed by atoms with van der Waals surface area (Å²) in [6.45, 7) is 14.7. The molecule has 1 aliphatic heterocycles. The molecule has 0 radical (unpaired) electrons. The van der Waals surface area contributed by atoms with Crippen molar-refractivity contribution in [2.24, 2.45) is 0 Å². The van der Waals surface area contributed by atoms with Crippen molar-refractivity contribution in [1.29, 1.82) is 0 Å². The Morgan fingerprint density at radius 2 is 2.00 bits per heavy atom. The summed E-state index contributed by atoms with van der Waals surface area (Å²) in [6.07, 6.45) is 7.04. The van der Waals surface area contributed by atoms with Gasteiger partial charge in [-0.2, -0.15) is 0 Å². The molecular formula is C25H38N4O. The summed E-state index contributed by atoms with van der Waals surface area (Å²) in [5.74, 6) is 1.07. The number of benzene rings is 1. The molecule has 2 aliphatic rings. The largest absolute Gasteiger partial charge is 0.336 e. The molecule has 0 spiro atoms. The van der Waals surface area contributed by atoms with Crippen LogP contribution in [0.4, 0.5) is 4.79 Å². The van der Waals surface area contributed by atoms with Gasteiger partial charge in [-0.15, -0.1) is 0 Å². The third-order valence-corrected chi connectivity index (χ3v) is 7.20. The van der Waals surface area contributed by atoms with Crippen molar-refractivity contribution in [3.8, 4) is 0 Å². The molecule has 2 aromatic rings. The Balaban J connectivity index is 1.80. The summed E-state index contributed by atoms with van der Waals surface area (Å²) in [6, 6.07) is 5.33. The SMILES string of the molecule is CCCN1CCC[C@@H]2c3cc(C(C)C)cc4c3c(cn4NC(=O)N(CC)CC)C[C@H]21. The van der Waals surface area contributed by atoms with Crippen LogP contribution in [0.3, 0.4) is 0 Å². The lowest BCUT2D eigenvalue weighted by atomic mass is 9.74. The molecule has 1 aromatic heterocycles. The van der Waals surface area contributed by atoms with E-state index in [1.807, 2.05) is 23.4 Å². The van der Waals surface area contributed by atoms with Gasteiger partial charge in [0.15, 0.2) is 0 Å². The van der Waals surface area contributed by atoms with Crippen molar-refractivity contribution < 1.29 is 4.79 Å². The van der Waals surface area contributed by atoms with E-state index in [2.05, 4.69) is 49.4 Å². The number of amides is 2. The molecule has 1 saturated heterocycles. The van der Waals surface area contributed by atoms with Crippen LogP contribution in [-0.4, -0.2) is 52.7 Å². The molecule has 1 N–H and O–H groups in total. The van der Waals surface area contributed by atoms with Gasteiger partial charge in [-0.3, -0.25) is 9.58 Å². The van der Waals surface area contributed by atoms with E-state index in [9.17, 15) is 4.79 Å². The van der Waals surface area contributed by atoms with Crippen molar-refractivity contribution in [2.75, 3.05) is 31.6 Å². The predicted octanol–water partition coefficient (Wildman–Crippen LogP) is 5.28. The first kappa shape index (κ1) is 21.2. The molecule has 0 bridgehead atoms. The Morgan fingerprint density at radius 1 is 1.23 bits per heavy atom. The van der Waals surface area contributed by atoms with Gasteiger partial charge in [-0.1, -0.05) is 26.8 Å². The molecule has 2 atom stereocenters. The van der Waals surface area contributed by atoms with E-state index in [1.165, 1.54) is 54.4 Å². The number of carbonyl (C=O) groups is 1. The summed E-state index contributed by atoms with van der Waals surface area (Å²) >= 11 is 0. The minimum absolute atomic E-state index is 0.0239. The third-order valence-electron chi connectivity index (χ3n) is 7.20. The molecule has 5 heteroatoms. The van der Waals surface area contributed by atoms with Crippen molar-refractivity contribution in [2.45, 2.75) is 78.2 Å². The molecule has 2 amide bonds. The lowest BCUT2D eigenvalue weighted by molar-refractivity contribution is 0.124. The van der Waals surface area contributed by atoms with E-state index >= 15 is 0 Å². The number of carbonyl (C=O) groups excluding carboxylic acids is 1. The second-order valence-electron chi connectivity index (χ2n) is 9.33. The number of fused-ring (bicyclic) bond motifs is 2. The number of hydrogen-bond donors (Lipinski definition) is 1. The number of hydrogen-bond acceptors (Lipinski definition) is 2. The average molecular weight is 411 g/mol. The fourth-order valence-corrected chi connectivity index (χ4v) is 5.61. The topological polar surface area (TPSA) is 40.5 Å². The van der Waals surface area contributed by atoms with E-state index in [-0.39, 0.29) is 6.03 Å². The smallest absolute Gasteiger partial charge is 0.324 e. The first-order chi connectivity index (χ1) is 14.5. The summed E-state index contributed by atoms with van der Waals surface area (Å²) < 4.78 is 2.00. The fraction of sp³-hybridized carbons (Fsp3) is 0.640. The summed E-state index contributed by atoms with van der Waals surface area (Å²) in [5, 5.41) is 1.39.